The minimum Gasteiger partial charge on any atom is -0.535 e. The summed E-state index contributed by atoms with van der Waals surface area (Å²) in [6.45, 7) is 1.47. The van der Waals surface area contributed by atoms with Crippen LogP contribution in [-0.2, 0) is 17.6 Å². The zero-order valence-corrected chi connectivity index (χ0v) is 14.2. The first-order chi connectivity index (χ1) is 11.5. The first-order valence-corrected chi connectivity index (χ1v) is 8.80. The number of rotatable bonds is 6. The molecule has 5 nitrogen and oxygen atoms in total. The van der Waals surface area contributed by atoms with Gasteiger partial charge in [0, 0.05) is 36.7 Å². The third-order valence-corrected chi connectivity index (χ3v) is 5.03. The van der Waals surface area contributed by atoms with Crippen LogP contribution in [0.5, 0.6) is 5.75 Å². The average molecular weight is 343 g/mol. The number of ketones is 2. The molecule has 0 unspecified atom stereocenters. The van der Waals surface area contributed by atoms with E-state index in [4.69, 9.17) is 4.65 Å². The molecule has 0 radical (unpaired) electrons. The molecular weight excluding hydrogens is 325 g/mol. The molecule has 1 atom stereocenters. The standard InChI is InChI=1S/C17H18BNO4S/c1-11(20)15-4-2-3-12-9-13(18(22)23-17(12)15)10-14(21)5-6-16-19-7-8-24-16/h2-4,7-8,13,22H,5-6,9-10H2,1H3/t13-/m1/s1. The first-order valence-electron chi connectivity index (χ1n) is 7.92. The summed E-state index contributed by atoms with van der Waals surface area (Å²) in [4.78, 5) is 28.0. The summed E-state index contributed by atoms with van der Waals surface area (Å²) in [5.74, 6) is 0.147. The summed E-state index contributed by atoms with van der Waals surface area (Å²) >= 11 is 1.54. The molecule has 0 amide bonds. The van der Waals surface area contributed by atoms with Crippen LogP contribution in [0.15, 0.2) is 29.8 Å². The maximum absolute atomic E-state index is 12.2. The van der Waals surface area contributed by atoms with Crippen molar-refractivity contribution in [3.8, 4) is 5.75 Å². The van der Waals surface area contributed by atoms with Crippen molar-refractivity contribution in [3.63, 3.8) is 0 Å². The predicted octanol–water partition coefficient (Wildman–Crippen LogP) is 2.72. The maximum atomic E-state index is 12.2. The van der Waals surface area contributed by atoms with Gasteiger partial charge in [0.25, 0.3) is 0 Å². The zero-order valence-electron chi connectivity index (χ0n) is 13.4. The van der Waals surface area contributed by atoms with Crippen molar-refractivity contribution < 1.29 is 19.3 Å². The minimum atomic E-state index is -1.07. The quantitative estimate of drug-likeness (QED) is 0.645. The Morgan fingerprint density at radius 2 is 2.29 bits per heavy atom. The van der Waals surface area contributed by atoms with E-state index >= 15 is 0 Å². The normalized spacial score (nSPS) is 16.4. The molecule has 0 saturated carbocycles. The molecule has 0 fully saturated rings. The van der Waals surface area contributed by atoms with Crippen LogP contribution in [0.1, 0.15) is 40.7 Å². The van der Waals surface area contributed by atoms with Gasteiger partial charge in [0.1, 0.15) is 11.5 Å². The van der Waals surface area contributed by atoms with E-state index in [0.29, 0.717) is 30.6 Å². The number of Topliss-reactive ketones (excluding diaryl/α,β-unsaturated/α-hetero) is 2. The van der Waals surface area contributed by atoms with Gasteiger partial charge in [0.2, 0.25) is 0 Å². The molecule has 0 saturated heterocycles. The van der Waals surface area contributed by atoms with Gasteiger partial charge in [0.05, 0.1) is 10.6 Å². The summed E-state index contributed by atoms with van der Waals surface area (Å²) in [7, 11) is -1.07. The summed E-state index contributed by atoms with van der Waals surface area (Å²) in [5, 5.41) is 13.1. The Hall–Kier alpha value is -1.99. The second kappa shape index (κ2) is 7.28. The van der Waals surface area contributed by atoms with Gasteiger partial charge < -0.3 is 9.68 Å². The van der Waals surface area contributed by atoms with Gasteiger partial charge in [-0.1, -0.05) is 12.1 Å². The predicted molar refractivity (Wildman–Crippen MR) is 92.6 cm³/mol. The third kappa shape index (κ3) is 3.74. The van der Waals surface area contributed by atoms with Crippen molar-refractivity contribution in [3.05, 3.63) is 45.9 Å². The Bertz CT molecular complexity index is 747. The number of aromatic nitrogens is 1. The van der Waals surface area contributed by atoms with Crippen molar-refractivity contribution in [1.82, 2.24) is 4.98 Å². The highest BCUT2D eigenvalue weighted by Gasteiger charge is 2.37. The lowest BCUT2D eigenvalue weighted by Crippen LogP contribution is -2.35. The van der Waals surface area contributed by atoms with Gasteiger partial charge in [-0.2, -0.15) is 0 Å². The Balaban J connectivity index is 1.64. The second-order valence-corrected chi connectivity index (χ2v) is 6.97. The van der Waals surface area contributed by atoms with Crippen LogP contribution < -0.4 is 4.65 Å². The summed E-state index contributed by atoms with van der Waals surface area (Å²) in [6.07, 6.45) is 3.56. The van der Waals surface area contributed by atoms with Crippen molar-refractivity contribution >= 4 is 30.0 Å². The number of hydrogen-bond donors (Lipinski definition) is 1. The van der Waals surface area contributed by atoms with Gasteiger partial charge >= 0.3 is 7.12 Å². The van der Waals surface area contributed by atoms with Crippen molar-refractivity contribution in [2.45, 2.75) is 38.4 Å². The van der Waals surface area contributed by atoms with Gasteiger partial charge in [0.15, 0.2) is 5.78 Å². The monoisotopic (exact) mass is 343 g/mol. The highest BCUT2D eigenvalue weighted by molar-refractivity contribution is 7.09. The number of benzene rings is 1. The van der Waals surface area contributed by atoms with E-state index in [-0.39, 0.29) is 23.8 Å². The summed E-state index contributed by atoms with van der Waals surface area (Å²) < 4.78 is 5.56. The van der Waals surface area contributed by atoms with Crippen molar-refractivity contribution in [2.75, 3.05) is 0 Å². The molecule has 1 aromatic carbocycles. The molecule has 1 aliphatic heterocycles. The Morgan fingerprint density at radius 3 is 3.00 bits per heavy atom. The van der Waals surface area contributed by atoms with E-state index in [0.717, 1.165) is 10.6 Å². The molecule has 3 rings (SSSR count). The van der Waals surface area contributed by atoms with Gasteiger partial charge in [-0.3, -0.25) is 9.59 Å². The van der Waals surface area contributed by atoms with E-state index in [2.05, 4.69) is 4.98 Å². The van der Waals surface area contributed by atoms with Crippen LogP contribution in [0.25, 0.3) is 0 Å². The molecule has 0 bridgehead atoms. The molecule has 0 aliphatic carbocycles. The number of nitrogens with zero attached hydrogens (tertiary/aromatic N) is 1. The molecule has 2 heterocycles. The fourth-order valence-electron chi connectivity index (χ4n) is 2.95. The molecule has 1 aliphatic rings. The lowest BCUT2D eigenvalue weighted by atomic mass is 9.64. The largest absolute Gasteiger partial charge is 0.535 e. The average Bonchev–Trinajstić information content (AvgIpc) is 3.06. The minimum absolute atomic E-state index is 0.0871. The van der Waals surface area contributed by atoms with Crippen molar-refractivity contribution in [2.24, 2.45) is 0 Å². The number of carbonyl (C=O) groups excluding carboxylic acids is 2. The van der Waals surface area contributed by atoms with Crippen LogP contribution in [0.4, 0.5) is 0 Å². The molecule has 7 heteroatoms. The Kier molecular flexibility index (Phi) is 5.11. The number of thiazole rings is 1. The molecule has 1 aromatic heterocycles. The van der Waals surface area contributed by atoms with Gasteiger partial charge in [-0.25, -0.2) is 4.98 Å². The van der Waals surface area contributed by atoms with Crippen LogP contribution in [0.3, 0.4) is 0 Å². The molecule has 24 heavy (non-hydrogen) atoms. The number of para-hydroxylation sites is 1. The lowest BCUT2D eigenvalue weighted by Gasteiger charge is -2.28. The number of carbonyl (C=O) groups is 2. The van der Waals surface area contributed by atoms with Crippen LogP contribution in [0, 0.1) is 0 Å². The van der Waals surface area contributed by atoms with Crippen LogP contribution >= 0.6 is 11.3 Å². The molecule has 0 spiro atoms. The molecule has 2 aromatic rings. The van der Waals surface area contributed by atoms with E-state index in [1.165, 1.54) is 18.3 Å². The van der Waals surface area contributed by atoms with E-state index in [1.54, 1.807) is 18.3 Å². The fourth-order valence-corrected chi connectivity index (χ4v) is 3.57. The van der Waals surface area contributed by atoms with E-state index < -0.39 is 7.12 Å². The second-order valence-electron chi connectivity index (χ2n) is 5.99. The maximum Gasteiger partial charge on any atom is 0.526 e. The smallest absolute Gasteiger partial charge is 0.526 e. The Labute approximate surface area is 144 Å². The van der Waals surface area contributed by atoms with E-state index in [9.17, 15) is 14.6 Å². The number of hydrogen-bond acceptors (Lipinski definition) is 6. The summed E-state index contributed by atoms with van der Waals surface area (Å²) in [5.41, 5.74) is 1.34. The zero-order chi connectivity index (χ0) is 17.1. The molecule has 1 N–H and O–H groups in total. The van der Waals surface area contributed by atoms with Gasteiger partial charge in [-0.05, 0) is 25.0 Å². The first kappa shape index (κ1) is 16.9. The SMILES string of the molecule is CC(=O)c1cccc2c1OB(O)[C@@H](CC(=O)CCc1nccs1)C2. The number of aryl methyl sites for hydroxylation is 1. The lowest BCUT2D eigenvalue weighted by molar-refractivity contribution is -0.119. The number of fused-ring (bicyclic) bond motifs is 1. The fraction of sp³-hybridized carbons (Fsp3) is 0.353. The Morgan fingerprint density at radius 1 is 1.46 bits per heavy atom. The highest BCUT2D eigenvalue weighted by atomic mass is 32.1. The van der Waals surface area contributed by atoms with Gasteiger partial charge in [-0.15, -0.1) is 11.3 Å². The van der Waals surface area contributed by atoms with Crippen LogP contribution in [0.2, 0.25) is 5.82 Å². The third-order valence-electron chi connectivity index (χ3n) is 4.19. The van der Waals surface area contributed by atoms with Crippen molar-refractivity contribution in [1.29, 1.82) is 0 Å². The van der Waals surface area contributed by atoms with Crippen LogP contribution in [-0.4, -0.2) is 28.7 Å². The topological polar surface area (TPSA) is 76.5 Å². The molecule has 124 valence electrons. The van der Waals surface area contributed by atoms with E-state index in [1.807, 2.05) is 11.4 Å². The highest BCUT2D eigenvalue weighted by Crippen LogP contribution is 2.36. The summed E-state index contributed by atoms with van der Waals surface area (Å²) in [6, 6.07) is 5.37. The molecular formula is C17H18BNO4S.